The molecule has 1 amide bonds. The fraction of sp³-hybridized carbons (Fsp3) is 0.375. The highest BCUT2D eigenvalue weighted by Crippen LogP contribution is 2.02. The molecular formula is C8H11NO6. The molecule has 0 aromatic heterocycles. The first-order valence-electron chi connectivity index (χ1n) is 3.93. The summed E-state index contributed by atoms with van der Waals surface area (Å²) in [6.07, 6.45) is 0.374. The van der Waals surface area contributed by atoms with Gasteiger partial charge in [0, 0.05) is 13.1 Å². The molecule has 0 heterocycles. The fourth-order valence-electron chi connectivity index (χ4n) is 0.656. The third-order valence-corrected chi connectivity index (χ3v) is 1.28. The molecule has 0 aromatic carbocycles. The van der Waals surface area contributed by atoms with E-state index in [1.165, 1.54) is 6.92 Å². The Morgan fingerprint density at radius 2 is 2.00 bits per heavy atom. The van der Waals surface area contributed by atoms with Crippen molar-refractivity contribution >= 4 is 17.8 Å². The van der Waals surface area contributed by atoms with Gasteiger partial charge in [-0.15, -0.1) is 0 Å². The minimum absolute atomic E-state index is 0.330. The zero-order valence-electron chi connectivity index (χ0n) is 8.02. The highest BCUT2D eigenvalue weighted by Gasteiger charge is 2.13. The third-order valence-electron chi connectivity index (χ3n) is 1.28. The smallest absolute Gasteiger partial charge is 0.333 e. The van der Waals surface area contributed by atoms with E-state index in [4.69, 9.17) is 10.2 Å². The molecular weight excluding hydrogens is 206 g/mol. The molecule has 15 heavy (non-hydrogen) atoms. The Bertz CT molecular complexity index is 296. The van der Waals surface area contributed by atoms with E-state index < -0.39 is 31.1 Å². The number of hydrogen-bond acceptors (Lipinski definition) is 5. The van der Waals surface area contributed by atoms with Gasteiger partial charge in [-0.25, -0.2) is 4.79 Å². The SMILES string of the molecule is CC(=O)NC=C(CC(=O)OCO)C(=O)O. The van der Waals surface area contributed by atoms with Crippen LogP contribution < -0.4 is 5.32 Å². The van der Waals surface area contributed by atoms with Crippen LogP contribution in [0.3, 0.4) is 0 Å². The van der Waals surface area contributed by atoms with Crippen molar-refractivity contribution in [2.45, 2.75) is 13.3 Å². The van der Waals surface area contributed by atoms with Crippen LogP contribution in [0.15, 0.2) is 11.8 Å². The lowest BCUT2D eigenvalue weighted by atomic mass is 10.2. The maximum absolute atomic E-state index is 10.8. The molecule has 0 unspecified atom stereocenters. The third kappa shape index (κ3) is 6.22. The topological polar surface area (TPSA) is 113 Å². The van der Waals surface area contributed by atoms with Crippen LogP contribution in [0.4, 0.5) is 0 Å². The molecule has 0 spiro atoms. The minimum atomic E-state index is -1.35. The van der Waals surface area contributed by atoms with Crippen LogP contribution >= 0.6 is 0 Å². The molecule has 0 saturated heterocycles. The number of rotatable bonds is 5. The molecule has 0 fully saturated rings. The van der Waals surface area contributed by atoms with E-state index >= 15 is 0 Å². The molecule has 7 nitrogen and oxygen atoms in total. The zero-order chi connectivity index (χ0) is 11.8. The van der Waals surface area contributed by atoms with Gasteiger partial charge in [-0.2, -0.15) is 0 Å². The second-order valence-corrected chi connectivity index (χ2v) is 2.50. The lowest BCUT2D eigenvalue weighted by Gasteiger charge is -2.02. The number of aliphatic carboxylic acids is 1. The van der Waals surface area contributed by atoms with Crippen molar-refractivity contribution in [3.05, 3.63) is 11.8 Å². The summed E-state index contributed by atoms with van der Waals surface area (Å²) in [5.74, 6) is -2.69. The number of amides is 1. The van der Waals surface area contributed by atoms with Crippen LogP contribution in [0.2, 0.25) is 0 Å². The fourth-order valence-corrected chi connectivity index (χ4v) is 0.656. The number of ether oxygens (including phenoxy) is 1. The maximum Gasteiger partial charge on any atom is 0.333 e. The minimum Gasteiger partial charge on any atom is -0.478 e. The van der Waals surface area contributed by atoms with Gasteiger partial charge in [-0.3, -0.25) is 9.59 Å². The van der Waals surface area contributed by atoms with Gasteiger partial charge in [-0.1, -0.05) is 0 Å². The molecule has 0 rings (SSSR count). The predicted octanol–water partition coefficient (Wildman–Crippen LogP) is -1.03. The molecule has 7 heteroatoms. The van der Waals surface area contributed by atoms with Crippen molar-refractivity contribution in [1.29, 1.82) is 0 Å². The van der Waals surface area contributed by atoms with Crippen LogP contribution in [-0.4, -0.2) is 34.9 Å². The largest absolute Gasteiger partial charge is 0.478 e. The van der Waals surface area contributed by atoms with Gasteiger partial charge in [0.05, 0.1) is 12.0 Å². The summed E-state index contributed by atoms with van der Waals surface area (Å²) in [5, 5.41) is 19.0. The van der Waals surface area contributed by atoms with E-state index in [0.717, 1.165) is 6.20 Å². The summed E-state index contributed by atoms with van der Waals surface area (Å²) in [7, 11) is 0. The summed E-state index contributed by atoms with van der Waals surface area (Å²) in [4.78, 5) is 31.8. The number of carboxylic acid groups (broad SMARTS) is 1. The average Bonchev–Trinajstić information content (AvgIpc) is 2.11. The number of nitrogens with one attached hydrogen (secondary N) is 1. The van der Waals surface area contributed by atoms with Crippen molar-refractivity contribution < 1.29 is 29.3 Å². The summed E-state index contributed by atoms with van der Waals surface area (Å²) < 4.78 is 4.13. The van der Waals surface area contributed by atoms with Crippen LogP contribution in [0.1, 0.15) is 13.3 Å². The van der Waals surface area contributed by atoms with Gasteiger partial charge in [0.15, 0.2) is 6.79 Å². The quantitative estimate of drug-likeness (QED) is 0.308. The first-order chi connectivity index (χ1) is 6.97. The lowest BCUT2D eigenvalue weighted by Crippen LogP contribution is -2.17. The Kier molecular flexibility index (Phi) is 5.72. The molecule has 0 radical (unpaired) electrons. The van der Waals surface area contributed by atoms with Crippen molar-refractivity contribution in [2.24, 2.45) is 0 Å². The molecule has 0 aromatic rings. The first-order valence-corrected chi connectivity index (χ1v) is 3.93. The van der Waals surface area contributed by atoms with Gasteiger partial charge in [0.1, 0.15) is 0 Å². The summed E-state index contributed by atoms with van der Waals surface area (Å²) >= 11 is 0. The van der Waals surface area contributed by atoms with Crippen molar-refractivity contribution in [1.82, 2.24) is 5.32 Å². The van der Waals surface area contributed by atoms with Gasteiger partial charge in [0.2, 0.25) is 5.91 Å². The van der Waals surface area contributed by atoms with E-state index in [0.29, 0.717) is 0 Å². The molecule has 0 aliphatic carbocycles. The van der Waals surface area contributed by atoms with Crippen LogP contribution in [0, 0.1) is 0 Å². The van der Waals surface area contributed by atoms with E-state index in [1.807, 2.05) is 0 Å². The molecule has 0 atom stereocenters. The van der Waals surface area contributed by atoms with Gasteiger partial charge < -0.3 is 20.3 Å². The Hall–Kier alpha value is -1.89. The lowest BCUT2D eigenvalue weighted by molar-refractivity contribution is -0.152. The molecule has 0 bridgehead atoms. The van der Waals surface area contributed by atoms with Gasteiger partial charge in [-0.05, 0) is 0 Å². The number of aliphatic hydroxyl groups excluding tert-OH is 1. The second kappa shape index (κ2) is 6.55. The molecule has 3 N–H and O–H groups in total. The zero-order valence-corrected chi connectivity index (χ0v) is 8.02. The molecule has 0 aliphatic heterocycles. The number of carbonyl (C=O) groups is 3. The number of carboxylic acids is 1. The van der Waals surface area contributed by atoms with Crippen LogP contribution in [0.25, 0.3) is 0 Å². The molecule has 0 aliphatic rings. The number of carbonyl (C=O) groups excluding carboxylic acids is 2. The summed E-state index contributed by atoms with van der Waals surface area (Å²) in [5.41, 5.74) is -0.330. The Morgan fingerprint density at radius 1 is 1.40 bits per heavy atom. The monoisotopic (exact) mass is 217 g/mol. The van der Waals surface area contributed by atoms with Gasteiger partial charge in [0.25, 0.3) is 0 Å². The normalized spacial score (nSPS) is 10.7. The Morgan fingerprint density at radius 3 is 2.40 bits per heavy atom. The predicted molar refractivity (Wildman–Crippen MR) is 47.3 cm³/mol. The average molecular weight is 217 g/mol. The maximum atomic E-state index is 10.8. The summed E-state index contributed by atoms with van der Waals surface area (Å²) in [6.45, 7) is 0.383. The van der Waals surface area contributed by atoms with Gasteiger partial charge >= 0.3 is 11.9 Å². The standard InChI is InChI=1S/C8H11NO6/c1-5(11)9-3-6(8(13)14)2-7(12)15-4-10/h3,10H,2,4H2,1H3,(H,9,11)(H,13,14). The second-order valence-electron chi connectivity index (χ2n) is 2.50. The van der Waals surface area contributed by atoms with Crippen LogP contribution in [-0.2, 0) is 19.1 Å². The number of esters is 1. The number of aliphatic hydroxyl groups is 1. The van der Waals surface area contributed by atoms with E-state index in [-0.39, 0.29) is 5.57 Å². The summed E-state index contributed by atoms with van der Waals surface area (Å²) in [6, 6.07) is 0. The molecule has 0 saturated carbocycles. The highest BCUT2D eigenvalue weighted by molar-refractivity contribution is 5.93. The Labute approximate surface area is 85.3 Å². The van der Waals surface area contributed by atoms with Crippen LogP contribution in [0.5, 0.6) is 0 Å². The van der Waals surface area contributed by atoms with E-state index in [1.54, 1.807) is 0 Å². The van der Waals surface area contributed by atoms with Crippen molar-refractivity contribution in [2.75, 3.05) is 6.79 Å². The van der Waals surface area contributed by atoms with E-state index in [2.05, 4.69) is 10.1 Å². The highest BCUT2D eigenvalue weighted by atomic mass is 16.6. The number of hydrogen-bond donors (Lipinski definition) is 3. The Balaban J connectivity index is 4.40. The van der Waals surface area contributed by atoms with E-state index in [9.17, 15) is 14.4 Å². The molecule has 84 valence electrons. The first kappa shape index (κ1) is 13.1. The van der Waals surface area contributed by atoms with Crippen molar-refractivity contribution in [3.8, 4) is 0 Å². The van der Waals surface area contributed by atoms with Crippen molar-refractivity contribution in [3.63, 3.8) is 0 Å².